The minimum absolute atomic E-state index is 0.0762. The van der Waals surface area contributed by atoms with E-state index >= 15 is 0 Å². The maximum Gasteiger partial charge on any atom is 0.353 e. The van der Waals surface area contributed by atoms with Gasteiger partial charge >= 0.3 is 5.97 Å². The molecule has 4 rings (SSSR count). The molecular formula is C28H31N3O5. The number of anilines is 1. The van der Waals surface area contributed by atoms with Crippen molar-refractivity contribution in [2.75, 3.05) is 19.5 Å². The molecule has 0 spiro atoms. The Bertz CT molecular complexity index is 1180. The summed E-state index contributed by atoms with van der Waals surface area (Å²) in [6.07, 6.45) is 5.91. The normalized spacial score (nSPS) is 14.3. The molecule has 0 atom stereocenters. The van der Waals surface area contributed by atoms with E-state index in [4.69, 9.17) is 0 Å². The number of amides is 2. The van der Waals surface area contributed by atoms with Crippen molar-refractivity contribution in [1.82, 2.24) is 10.2 Å². The van der Waals surface area contributed by atoms with Crippen molar-refractivity contribution < 1.29 is 23.9 Å². The van der Waals surface area contributed by atoms with Crippen LogP contribution in [0.3, 0.4) is 0 Å². The highest BCUT2D eigenvalue weighted by Gasteiger charge is 2.33. The smallest absolute Gasteiger partial charge is 0.353 e. The van der Waals surface area contributed by atoms with Gasteiger partial charge in [0.15, 0.2) is 0 Å². The number of methoxy groups -OCH3 is 1. The van der Waals surface area contributed by atoms with Gasteiger partial charge in [-0.05, 0) is 47.7 Å². The number of carbonyl (C=O) groups is 4. The summed E-state index contributed by atoms with van der Waals surface area (Å²) in [5.41, 5.74) is 3.88. The lowest BCUT2D eigenvalue weighted by Crippen LogP contribution is -2.36. The Morgan fingerprint density at radius 2 is 1.69 bits per heavy atom. The molecule has 8 heteroatoms. The van der Waals surface area contributed by atoms with Crippen molar-refractivity contribution in [2.24, 2.45) is 5.92 Å². The monoisotopic (exact) mass is 489 g/mol. The molecule has 2 aromatic carbocycles. The Morgan fingerprint density at radius 1 is 1.06 bits per heavy atom. The van der Waals surface area contributed by atoms with Crippen LogP contribution >= 0.6 is 0 Å². The second-order valence-electron chi connectivity index (χ2n) is 8.60. The van der Waals surface area contributed by atoms with Crippen molar-refractivity contribution in [1.29, 1.82) is 0 Å². The van der Waals surface area contributed by atoms with E-state index in [0.29, 0.717) is 11.5 Å². The average molecular weight is 490 g/mol. The largest absolute Gasteiger partial charge is 0.464 e. The third-order valence-corrected chi connectivity index (χ3v) is 6.33. The van der Waals surface area contributed by atoms with Gasteiger partial charge in [0.25, 0.3) is 11.8 Å². The first kappa shape index (κ1) is 26.4. The van der Waals surface area contributed by atoms with Gasteiger partial charge in [-0.3, -0.25) is 14.5 Å². The average Bonchev–Trinajstić information content (AvgIpc) is 3.56. The van der Waals surface area contributed by atoms with Crippen molar-refractivity contribution in [3.63, 3.8) is 0 Å². The molecular weight excluding hydrogens is 458 g/mol. The lowest BCUT2D eigenvalue weighted by molar-refractivity contribution is -0.137. The molecule has 1 fully saturated rings. The molecule has 2 aliphatic rings. The number of ether oxygens (including phenoxy) is 1. The van der Waals surface area contributed by atoms with Crippen LogP contribution < -0.4 is 10.6 Å². The lowest BCUT2D eigenvalue weighted by atomic mass is 9.97. The van der Waals surface area contributed by atoms with Crippen LogP contribution in [0.5, 0.6) is 0 Å². The number of aldehydes is 1. The molecule has 1 heterocycles. The Labute approximate surface area is 211 Å². The van der Waals surface area contributed by atoms with Crippen LogP contribution in [-0.4, -0.2) is 43.1 Å². The van der Waals surface area contributed by atoms with E-state index < -0.39 is 11.9 Å². The molecule has 1 aliphatic heterocycles. The Hall–Kier alpha value is -4.20. The van der Waals surface area contributed by atoms with E-state index in [0.717, 1.165) is 41.5 Å². The molecule has 0 bridgehead atoms. The molecule has 2 N–H and O–H groups in total. The van der Waals surface area contributed by atoms with Gasteiger partial charge in [0.1, 0.15) is 17.7 Å². The van der Waals surface area contributed by atoms with Gasteiger partial charge in [-0.15, -0.1) is 0 Å². The Kier molecular flexibility index (Phi) is 8.78. The molecule has 2 amide bonds. The second-order valence-corrected chi connectivity index (χ2v) is 8.60. The maximum absolute atomic E-state index is 12.9. The Morgan fingerprint density at radius 3 is 2.25 bits per heavy atom. The van der Waals surface area contributed by atoms with Crippen LogP contribution in [0.15, 0.2) is 67.0 Å². The highest BCUT2D eigenvalue weighted by Crippen LogP contribution is 2.34. The quantitative estimate of drug-likeness (QED) is 0.346. The fourth-order valence-electron chi connectivity index (χ4n) is 4.24. The van der Waals surface area contributed by atoms with Gasteiger partial charge in [-0.25, -0.2) is 4.79 Å². The zero-order chi connectivity index (χ0) is 26.2. The Balaban J connectivity index is 0.000000444. The van der Waals surface area contributed by atoms with E-state index in [9.17, 15) is 19.2 Å². The minimum Gasteiger partial charge on any atom is -0.464 e. The van der Waals surface area contributed by atoms with Crippen molar-refractivity contribution in [3.8, 4) is 11.1 Å². The number of esters is 1. The molecule has 0 saturated heterocycles. The summed E-state index contributed by atoms with van der Waals surface area (Å²) in [5.74, 6) is -1.37. The lowest BCUT2D eigenvalue weighted by Gasteiger charge is -2.18. The second kappa shape index (κ2) is 12.0. The topological polar surface area (TPSA) is 105 Å². The molecule has 36 heavy (non-hydrogen) atoms. The summed E-state index contributed by atoms with van der Waals surface area (Å²) in [7, 11) is 3.02. The van der Waals surface area contributed by atoms with Gasteiger partial charge in [-0.2, -0.15) is 0 Å². The molecule has 0 aromatic heterocycles. The summed E-state index contributed by atoms with van der Waals surface area (Å²) >= 11 is 0. The van der Waals surface area contributed by atoms with Crippen LogP contribution in [-0.2, 0) is 25.7 Å². The SMILES string of the molecule is C=C(NC(=O)C(=C)N1Cc2c(cccc2-c2ccc(NC)cc2)C1=O)C(=O)OC.O=CC1CCCC1. The summed E-state index contributed by atoms with van der Waals surface area (Å²) in [4.78, 5) is 48.0. The van der Waals surface area contributed by atoms with Crippen LogP contribution in [0.1, 0.15) is 41.6 Å². The number of nitrogens with one attached hydrogen (secondary N) is 2. The standard InChI is InChI=1S/C22H21N3O4.C6H10O/c1-13(22(28)29-4)24-20(26)14(2)25-12-19-17(6-5-7-18(19)21(25)27)15-8-10-16(23-3)11-9-15;7-5-6-3-1-2-4-6/h5-11,23H,1-2,12H2,3-4H3,(H,24,26);5-6H,1-4H2. The van der Waals surface area contributed by atoms with Crippen molar-refractivity contribution in [3.05, 3.63) is 78.1 Å². The molecule has 188 valence electrons. The predicted octanol–water partition coefficient (Wildman–Crippen LogP) is 4.04. The molecule has 0 unspecified atom stereocenters. The molecule has 0 radical (unpaired) electrons. The third kappa shape index (κ3) is 5.89. The number of hydrogen-bond acceptors (Lipinski definition) is 6. The number of rotatable bonds is 7. The molecule has 8 nitrogen and oxygen atoms in total. The number of benzene rings is 2. The number of hydrogen-bond donors (Lipinski definition) is 2. The summed E-state index contributed by atoms with van der Waals surface area (Å²) in [6.45, 7) is 7.37. The van der Waals surface area contributed by atoms with E-state index in [-0.39, 0.29) is 23.8 Å². The fraction of sp³-hybridized carbons (Fsp3) is 0.286. The molecule has 1 aliphatic carbocycles. The summed E-state index contributed by atoms with van der Waals surface area (Å²) in [5, 5.41) is 5.37. The van der Waals surface area contributed by atoms with E-state index in [1.807, 2.05) is 43.4 Å². The van der Waals surface area contributed by atoms with Gasteiger partial charge in [0, 0.05) is 24.2 Å². The first-order chi connectivity index (χ1) is 17.3. The number of fused-ring (bicyclic) bond motifs is 1. The third-order valence-electron chi connectivity index (χ3n) is 6.33. The van der Waals surface area contributed by atoms with Crippen LogP contribution in [0, 0.1) is 5.92 Å². The molecule has 2 aromatic rings. The zero-order valence-electron chi connectivity index (χ0n) is 20.6. The number of carbonyl (C=O) groups excluding carboxylic acids is 4. The van der Waals surface area contributed by atoms with E-state index in [2.05, 4.69) is 28.5 Å². The van der Waals surface area contributed by atoms with Gasteiger partial charge in [0.05, 0.1) is 13.7 Å². The molecule has 1 saturated carbocycles. The fourth-order valence-corrected chi connectivity index (χ4v) is 4.24. The van der Waals surface area contributed by atoms with Gasteiger partial charge in [0.2, 0.25) is 0 Å². The van der Waals surface area contributed by atoms with Crippen LogP contribution in [0.4, 0.5) is 5.69 Å². The van der Waals surface area contributed by atoms with Gasteiger partial charge in [-0.1, -0.05) is 50.3 Å². The zero-order valence-corrected chi connectivity index (χ0v) is 20.6. The van der Waals surface area contributed by atoms with Crippen LogP contribution in [0.2, 0.25) is 0 Å². The van der Waals surface area contributed by atoms with E-state index in [1.54, 1.807) is 6.07 Å². The minimum atomic E-state index is -0.769. The predicted molar refractivity (Wildman–Crippen MR) is 138 cm³/mol. The summed E-state index contributed by atoms with van der Waals surface area (Å²) in [6, 6.07) is 13.3. The first-order valence-corrected chi connectivity index (χ1v) is 11.7. The maximum atomic E-state index is 12.9. The summed E-state index contributed by atoms with van der Waals surface area (Å²) < 4.78 is 4.50. The van der Waals surface area contributed by atoms with Crippen LogP contribution in [0.25, 0.3) is 11.1 Å². The highest BCUT2D eigenvalue weighted by atomic mass is 16.5. The van der Waals surface area contributed by atoms with E-state index in [1.165, 1.54) is 24.9 Å². The number of nitrogens with zero attached hydrogens (tertiary/aromatic N) is 1. The highest BCUT2D eigenvalue weighted by molar-refractivity contribution is 6.07. The van der Waals surface area contributed by atoms with Crippen molar-refractivity contribution in [2.45, 2.75) is 32.2 Å². The van der Waals surface area contributed by atoms with Gasteiger partial charge < -0.3 is 20.2 Å². The first-order valence-electron chi connectivity index (χ1n) is 11.7. The van der Waals surface area contributed by atoms with Crippen molar-refractivity contribution >= 4 is 29.8 Å².